The van der Waals surface area contributed by atoms with Crippen LogP contribution < -0.4 is 5.73 Å². The lowest BCUT2D eigenvalue weighted by Gasteiger charge is -2.01. The molecule has 0 unspecified atom stereocenters. The molecule has 0 radical (unpaired) electrons. The van der Waals surface area contributed by atoms with Crippen LogP contribution in [0.4, 0.5) is 5.13 Å². The van der Waals surface area contributed by atoms with Crippen molar-refractivity contribution in [3.05, 3.63) is 46.5 Å². The molecular formula is C12H12N2O2S. The monoisotopic (exact) mass is 248 g/mol. The number of carbonyl (C=O) groups excluding carboxylic acids is 1. The van der Waals surface area contributed by atoms with Gasteiger partial charge in [-0.15, -0.1) is 11.3 Å². The zero-order chi connectivity index (χ0) is 12.3. The highest BCUT2D eigenvalue weighted by Gasteiger charge is 2.05. The average Bonchev–Trinajstić information content (AvgIpc) is 2.75. The summed E-state index contributed by atoms with van der Waals surface area (Å²) in [5.74, 6) is -0.325. The summed E-state index contributed by atoms with van der Waals surface area (Å²) in [6.07, 6.45) is 0.717. The van der Waals surface area contributed by atoms with E-state index in [1.165, 1.54) is 18.4 Å². The number of ether oxygens (including phenoxy) is 1. The second kappa shape index (κ2) is 4.97. The first-order valence-corrected chi connectivity index (χ1v) is 5.94. The van der Waals surface area contributed by atoms with Crippen LogP contribution in [0.1, 0.15) is 21.6 Å². The summed E-state index contributed by atoms with van der Waals surface area (Å²) in [4.78, 5) is 15.4. The molecule has 1 aromatic heterocycles. The van der Waals surface area contributed by atoms with Crippen LogP contribution in [0.5, 0.6) is 0 Å². The average molecular weight is 248 g/mol. The standard InChI is InChI=1S/C12H12N2O2S/c1-16-11(15)9-4-2-8(3-5-9)6-10-7-17-12(13)14-10/h2-5,7H,6H2,1H3,(H2,13,14). The van der Waals surface area contributed by atoms with Gasteiger partial charge >= 0.3 is 5.97 Å². The molecule has 2 aromatic rings. The molecule has 0 aliphatic carbocycles. The molecule has 1 heterocycles. The first-order chi connectivity index (χ1) is 8.19. The molecule has 0 bridgehead atoms. The number of nitrogen functional groups attached to an aromatic ring is 1. The van der Waals surface area contributed by atoms with Gasteiger partial charge in [0.25, 0.3) is 0 Å². The molecule has 4 nitrogen and oxygen atoms in total. The highest BCUT2D eigenvalue weighted by molar-refractivity contribution is 7.13. The maximum absolute atomic E-state index is 11.2. The number of nitrogens with two attached hydrogens (primary N) is 1. The lowest BCUT2D eigenvalue weighted by molar-refractivity contribution is 0.0600. The van der Waals surface area contributed by atoms with Gasteiger partial charge in [-0.1, -0.05) is 12.1 Å². The first kappa shape index (κ1) is 11.6. The molecule has 88 valence electrons. The Labute approximate surface area is 103 Å². The number of thiazole rings is 1. The number of esters is 1. The summed E-state index contributed by atoms with van der Waals surface area (Å²) >= 11 is 1.43. The minimum atomic E-state index is -0.325. The molecule has 0 aliphatic rings. The van der Waals surface area contributed by atoms with Gasteiger partial charge in [-0.2, -0.15) is 0 Å². The molecule has 0 amide bonds. The predicted molar refractivity (Wildman–Crippen MR) is 67.1 cm³/mol. The number of anilines is 1. The molecule has 2 rings (SSSR count). The van der Waals surface area contributed by atoms with Crippen LogP contribution in [-0.2, 0) is 11.2 Å². The van der Waals surface area contributed by atoms with E-state index >= 15 is 0 Å². The van der Waals surface area contributed by atoms with E-state index in [0.29, 0.717) is 10.7 Å². The van der Waals surface area contributed by atoms with Gasteiger partial charge in [-0.3, -0.25) is 0 Å². The SMILES string of the molecule is COC(=O)c1ccc(Cc2csc(N)n2)cc1. The van der Waals surface area contributed by atoms with E-state index in [-0.39, 0.29) is 5.97 Å². The minimum Gasteiger partial charge on any atom is -0.465 e. The van der Waals surface area contributed by atoms with E-state index in [1.54, 1.807) is 12.1 Å². The lowest BCUT2D eigenvalue weighted by Crippen LogP contribution is -2.01. The van der Waals surface area contributed by atoms with Crippen molar-refractivity contribution in [1.82, 2.24) is 4.98 Å². The molecule has 5 heteroatoms. The van der Waals surface area contributed by atoms with Crippen LogP contribution in [0.25, 0.3) is 0 Å². The third-order valence-corrected chi connectivity index (χ3v) is 3.05. The second-order valence-corrected chi connectivity index (χ2v) is 4.43. The lowest BCUT2D eigenvalue weighted by atomic mass is 10.1. The summed E-state index contributed by atoms with van der Waals surface area (Å²) in [6.45, 7) is 0. The van der Waals surface area contributed by atoms with Crippen molar-refractivity contribution in [3.8, 4) is 0 Å². The maximum atomic E-state index is 11.2. The van der Waals surface area contributed by atoms with E-state index < -0.39 is 0 Å². The molecule has 0 fully saturated rings. The van der Waals surface area contributed by atoms with E-state index in [4.69, 9.17) is 5.73 Å². The number of methoxy groups -OCH3 is 1. The topological polar surface area (TPSA) is 65.2 Å². The number of hydrogen-bond donors (Lipinski definition) is 1. The fourth-order valence-electron chi connectivity index (χ4n) is 1.49. The molecule has 0 atom stereocenters. The van der Waals surface area contributed by atoms with E-state index in [0.717, 1.165) is 17.7 Å². The van der Waals surface area contributed by atoms with Crippen LogP contribution in [0.15, 0.2) is 29.6 Å². The fraction of sp³-hybridized carbons (Fsp3) is 0.167. The Hall–Kier alpha value is -1.88. The van der Waals surface area contributed by atoms with Gasteiger partial charge < -0.3 is 10.5 Å². The second-order valence-electron chi connectivity index (χ2n) is 3.54. The van der Waals surface area contributed by atoms with Crippen molar-refractivity contribution >= 4 is 22.4 Å². The third-order valence-electron chi connectivity index (χ3n) is 2.33. The van der Waals surface area contributed by atoms with Crippen molar-refractivity contribution in [2.45, 2.75) is 6.42 Å². The maximum Gasteiger partial charge on any atom is 0.337 e. The van der Waals surface area contributed by atoms with Gasteiger partial charge in [-0.25, -0.2) is 9.78 Å². The van der Waals surface area contributed by atoms with Gasteiger partial charge in [-0.05, 0) is 17.7 Å². The molecule has 2 N–H and O–H groups in total. The number of carbonyl (C=O) groups is 1. The summed E-state index contributed by atoms with van der Waals surface area (Å²) < 4.78 is 4.63. The molecule has 1 aromatic carbocycles. The summed E-state index contributed by atoms with van der Waals surface area (Å²) in [7, 11) is 1.37. The first-order valence-electron chi connectivity index (χ1n) is 5.06. The van der Waals surface area contributed by atoms with Gasteiger partial charge in [0.1, 0.15) is 0 Å². The zero-order valence-electron chi connectivity index (χ0n) is 9.34. The number of hydrogen-bond acceptors (Lipinski definition) is 5. The van der Waals surface area contributed by atoms with Gasteiger partial charge in [0.05, 0.1) is 18.4 Å². The van der Waals surface area contributed by atoms with Crippen LogP contribution in [0.3, 0.4) is 0 Å². The Bertz CT molecular complexity index is 520. The number of benzene rings is 1. The van der Waals surface area contributed by atoms with Crippen LogP contribution in [0.2, 0.25) is 0 Å². The van der Waals surface area contributed by atoms with E-state index in [9.17, 15) is 4.79 Å². The predicted octanol–water partition coefficient (Wildman–Crippen LogP) is 2.10. The molecule has 17 heavy (non-hydrogen) atoms. The van der Waals surface area contributed by atoms with Crippen LogP contribution in [0, 0.1) is 0 Å². The number of rotatable bonds is 3. The quantitative estimate of drug-likeness (QED) is 0.845. The van der Waals surface area contributed by atoms with Crippen LogP contribution in [-0.4, -0.2) is 18.1 Å². The van der Waals surface area contributed by atoms with Crippen molar-refractivity contribution in [2.75, 3.05) is 12.8 Å². The summed E-state index contributed by atoms with van der Waals surface area (Å²) in [5.41, 5.74) is 8.14. The fourth-order valence-corrected chi connectivity index (χ4v) is 2.05. The highest BCUT2D eigenvalue weighted by atomic mass is 32.1. The molecule has 0 saturated carbocycles. The van der Waals surface area contributed by atoms with E-state index in [1.807, 2.05) is 17.5 Å². The smallest absolute Gasteiger partial charge is 0.337 e. The minimum absolute atomic E-state index is 0.325. The Morgan fingerprint density at radius 3 is 2.65 bits per heavy atom. The Balaban J connectivity index is 2.10. The molecule has 0 spiro atoms. The van der Waals surface area contributed by atoms with Crippen molar-refractivity contribution in [3.63, 3.8) is 0 Å². The molecule has 0 saturated heterocycles. The van der Waals surface area contributed by atoms with Crippen molar-refractivity contribution < 1.29 is 9.53 Å². The normalized spacial score (nSPS) is 10.2. The number of nitrogens with zero attached hydrogens (tertiary/aromatic N) is 1. The molecule has 0 aliphatic heterocycles. The zero-order valence-corrected chi connectivity index (χ0v) is 10.2. The largest absolute Gasteiger partial charge is 0.465 e. The van der Waals surface area contributed by atoms with Crippen molar-refractivity contribution in [1.29, 1.82) is 0 Å². The molecular weight excluding hydrogens is 236 g/mol. The van der Waals surface area contributed by atoms with E-state index in [2.05, 4.69) is 9.72 Å². The Morgan fingerprint density at radius 1 is 1.41 bits per heavy atom. The number of aromatic nitrogens is 1. The van der Waals surface area contributed by atoms with Gasteiger partial charge in [0.15, 0.2) is 5.13 Å². The van der Waals surface area contributed by atoms with Crippen molar-refractivity contribution in [2.24, 2.45) is 0 Å². The van der Waals surface area contributed by atoms with Gasteiger partial charge in [0.2, 0.25) is 0 Å². The summed E-state index contributed by atoms with van der Waals surface area (Å²) in [5, 5.41) is 2.51. The Kier molecular flexibility index (Phi) is 3.39. The highest BCUT2D eigenvalue weighted by Crippen LogP contribution is 2.15. The van der Waals surface area contributed by atoms with Crippen LogP contribution >= 0.6 is 11.3 Å². The van der Waals surface area contributed by atoms with Gasteiger partial charge in [0, 0.05) is 11.8 Å². The summed E-state index contributed by atoms with van der Waals surface area (Å²) in [6, 6.07) is 7.28. The Morgan fingerprint density at radius 2 is 2.12 bits per heavy atom. The third kappa shape index (κ3) is 2.82.